The first-order valence-electron chi connectivity index (χ1n) is 2.91. The monoisotopic (exact) mass is 154 g/mol. The fraction of sp³-hybridized carbons (Fsp3) is 0.143. The molecule has 0 aliphatic carbocycles. The van der Waals surface area contributed by atoms with Crippen molar-refractivity contribution < 1.29 is 4.92 Å². The van der Waals surface area contributed by atoms with Gasteiger partial charge in [0.25, 0.3) is 5.69 Å². The van der Waals surface area contributed by atoms with Crippen LogP contribution in [0, 0.1) is 17.0 Å². The lowest BCUT2D eigenvalue weighted by Gasteiger charge is -1.90. The number of nitrogens with zero attached hydrogens (tertiary/aromatic N) is 1. The van der Waals surface area contributed by atoms with Gasteiger partial charge in [0.15, 0.2) is 0 Å². The van der Waals surface area contributed by atoms with Crippen LogP contribution in [-0.2, 0) is 0 Å². The highest BCUT2D eigenvalue weighted by Crippen LogP contribution is 2.11. The molecule has 4 nitrogen and oxygen atoms in total. The van der Waals surface area contributed by atoms with Crippen LogP contribution in [0.1, 0.15) is 5.56 Å². The molecule has 0 amide bonds. The minimum atomic E-state index is -0.396. The molecule has 0 spiro atoms. The largest absolute Gasteiger partial charge is 0.344 e. The minimum absolute atomic E-state index is 0. The lowest BCUT2D eigenvalue weighted by atomic mass is 10.2. The van der Waals surface area contributed by atoms with Crippen molar-refractivity contribution in [2.45, 2.75) is 6.92 Å². The quantitative estimate of drug-likeness (QED) is 0.496. The fourth-order valence-corrected chi connectivity index (χ4v) is 0.742. The molecule has 0 unspecified atom stereocenters. The molecule has 0 radical (unpaired) electrons. The normalized spacial score (nSPS) is 8.45. The summed E-state index contributed by atoms with van der Waals surface area (Å²) in [6.07, 6.45) is 0. The summed E-state index contributed by atoms with van der Waals surface area (Å²) in [7, 11) is 0. The van der Waals surface area contributed by atoms with Crippen LogP contribution in [0.15, 0.2) is 24.3 Å². The molecule has 1 rings (SSSR count). The van der Waals surface area contributed by atoms with Crippen LogP contribution in [-0.4, -0.2) is 4.92 Å². The second kappa shape index (κ2) is 3.68. The van der Waals surface area contributed by atoms with Crippen molar-refractivity contribution >= 4 is 5.69 Å². The summed E-state index contributed by atoms with van der Waals surface area (Å²) >= 11 is 0. The maximum Gasteiger partial charge on any atom is 0.269 e. The zero-order valence-corrected chi connectivity index (χ0v) is 6.28. The van der Waals surface area contributed by atoms with Gasteiger partial charge in [-0.25, -0.2) is 0 Å². The van der Waals surface area contributed by atoms with Crippen molar-refractivity contribution in [2.75, 3.05) is 0 Å². The highest BCUT2D eigenvalue weighted by atomic mass is 16.6. The summed E-state index contributed by atoms with van der Waals surface area (Å²) in [4.78, 5) is 9.76. The fourth-order valence-electron chi connectivity index (χ4n) is 0.742. The van der Waals surface area contributed by atoms with Crippen molar-refractivity contribution in [1.82, 2.24) is 6.15 Å². The first-order chi connectivity index (χ1) is 4.70. The van der Waals surface area contributed by atoms with E-state index < -0.39 is 4.92 Å². The van der Waals surface area contributed by atoms with Crippen LogP contribution in [0.25, 0.3) is 0 Å². The van der Waals surface area contributed by atoms with Gasteiger partial charge in [0.1, 0.15) is 0 Å². The Bertz CT molecular complexity index is 260. The molecule has 60 valence electrons. The molecular formula is C7H10N2O2. The molecule has 0 heterocycles. The predicted molar refractivity (Wildman–Crippen MR) is 42.9 cm³/mol. The number of aryl methyl sites for hydroxylation is 1. The Morgan fingerprint density at radius 2 is 2.09 bits per heavy atom. The van der Waals surface area contributed by atoms with Crippen LogP contribution >= 0.6 is 0 Å². The lowest BCUT2D eigenvalue weighted by molar-refractivity contribution is -0.384. The van der Waals surface area contributed by atoms with Crippen LogP contribution in [0.4, 0.5) is 5.69 Å². The number of benzene rings is 1. The average Bonchev–Trinajstić information content (AvgIpc) is 1.88. The number of nitro groups is 1. The molecule has 0 fully saturated rings. The third kappa shape index (κ3) is 2.35. The van der Waals surface area contributed by atoms with Gasteiger partial charge < -0.3 is 6.15 Å². The third-order valence-electron chi connectivity index (χ3n) is 1.21. The summed E-state index contributed by atoms with van der Waals surface area (Å²) in [6, 6.07) is 6.52. The van der Waals surface area contributed by atoms with Crippen LogP contribution in [0.3, 0.4) is 0 Å². The summed E-state index contributed by atoms with van der Waals surface area (Å²) in [5, 5.41) is 10.2. The molecule has 4 heteroatoms. The maximum atomic E-state index is 10.2. The van der Waals surface area contributed by atoms with E-state index in [9.17, 15) is 10.1 Å². The molecule has 0 saturated carbocycles. The smallest absolute Gasteiger partial charge is 0.269 e. The molecule has 0 bridgehead atoms. The zero-order valence-electron chi connectivity index (χ0n) is 6.28. The number of nitro benzene ring substituents is 1. The van der Waals surface area contributed by atoms with Crippen molar-refractivity contribution in [3.8, 4) is 0 Å². The van der Waals surface area contributed by atoms with Gasteiger partial charge in [0, 0.05) is 12.1 Å². The maximum absolute atomic E-state index is 10.2. The Morgan fingerprint density at radius 3 is 2.45 bits per heavy atom. The number of hydrogen-bond donors (Lipinski definition) is 1. The standard InChI is InChI=1S/C7H7NO2.H3N/c1-6-3-2-4-7(5-6)8(9)10;/h2-5H,1H3;1H3. The molecule has 1 aromatic carbocycles. The average molecular weight is 154 g/mol. The van der Waals surface area contributed by atoms with Crippen LogP contribution < -0.4 is 6.15 Å². The molecule has 3 N–H and O–H groups in total. The molecule has 1 aromatic rings. The predicted octanol–water partition coefficient (Wildman–Crippen LogP) is 2.07. The van der Waals surface area contributed by atoms with Gasteiger partial charge in [-0.3, -0.25) is 10.1 Å². The van der Waals surface area contributed by atoms with Crippen molar-refractivity contribution in [1.29, 1.82) is 0 Å². The Balaban J connectivity index is 0.000001000. The van der Waals surface area contributed by atoms with E-state index in [2.05, 4.69) is 0 Å². The first kappa shape index (κ1) is 9.58. The Labute approximate surface area is 64.6 Å². The zero-order chi connectivity index (χ0) is 7.56. The molecule has 0 aromatic heterocycles. The Morgan fingerprint density at radius 1 is 1.45 bits per heavy atom. The molecule has 0 aliphatic heterocycles. The SMILES string of the molecule is Cc1cccc([N+](=O)[O-])c1.N. The second-order valence-corrected chi connectivity index (χ2v) is 2.10. The highest BCUT2D eigenvalue weighted by molar-refractivity contribution is 5.33. The van der Waals surface area contributed by atoms with Gasteiger partial charge in [-0.05, 0) is 12.5 Å². The van der Waals surface area contributed by atoms with Gasteiger partial charge in [-0.1, -0.05) is 12.1 Å². The van der Waals surface area contributed by atoms with E-state index >= 15 is 0 Å². The third-order valence-corrected chi connectivity index (χ3v) is 1.21. The van der Waals surface area contributed by atoms with E-state index in [0.717, 1.165) is 5.56 Å². The molecule has 0 atom stereocenters. The molecule has 0 aliphatic rings. The van der Waals surface area contributed by atoms with E-state index in [1.807, 2.05) is 13.0 Å². The first-order valence-corrected chi connectivity index (χ1v) is 2.91. The van der Waals surface area contributed by atoms with E-state index in [1.165, 1.54) is 6.07 Å². The van der Waals surface area contributed by atoms with Gasteiger partial charge >= 0.3 is 0 Å². The lowest BCUT2D eigenvalue weighted by Crippen LogP contribution is -1.86. The van der Waals surface area contributed by atoms with Gasteiger partial charge in [0.2, 0.25) is 0 Å². The van der Waals surface area contributed by atoms with E-state index in [-0.39, 0.29) is 11.8 Å². The summed E-state index contributed by atoms with van der Waals surface area (Å²) in [6.45, 7) is 1.83. The molecule has 0 saturated heterocycles. The van der Waals surface area contributed by atoms with Crippen LogP contribution in [0.2, 0.25) is 0 Å². The van der Waals surface area contributed by atoms with E-state index in [1.54, 1.807) is 12.1 Å². The van der Waals surface area contributed by atoms with Crippen LogP contribution in [0.5, 0.6) is 0 Å². The van der Waals surface area contributed by atoms with Crippen molar-refractivity contribution in [3.05, 3.63) is 39.9 Å². The topological polar surface area (TPSA) is 78.1 Å². The Kier molecular flexibility index (Phi) is 3.20. The van der Waals surface area contributed by atoms with E-state index in [4.69, 9.17) is 0 Å². The summed E-state index contributed by atoms with van der Waals surface area (Å²) in [5.41, 5.74) is 1.06. The van der Waals surface area contributed by atoms with E-state index in [0.29, 0.717) is 0 Å². The van der Waals surface area contributed by atoms with Gasteiger partial charge in [0.05, 0.1) is 4.92 Å². The molecular weight excluding hydrogens is 144 g/mol. The Hall–Kier alpha value is -1.42. The van der Waals surface area contributed by atoms with Crippen molar-refractivity contribution in [3.63, 3.8) is 0 Å². The number of non-ortho nitro benzene ring substituents is 1. The number of hydrogen-bond acceptors (Lipinski definition) is 3. The second-order valence-electron chi connectivity index (χ2n) is 2.10. The summed E-state index contributed by atoms with van der Waals surface area (Å²) in [5.74, 6) is 0. The van der Waals surface area contributed by atoms with Gasteiger partial charge in [-0.15, -0.1) is 0 Å². The minimum Gasteiger partial charge on any atom is -0.344 e. The highest BCUT2D eigenvalue weighted by Gasteiger charge is 2.01. The molecule has 11 heavy (non-hydrogen) atoms. The summed E-state index contributed by atoms with van der Waals surface area (Å²) < 4.78 is 0. The van der Waals surface area contributed by atoms with Gasteiger partial charge in [-0.2, -0.15) is 0 Å². The number of rotatable bonds is 1. The van der Waals surface area contributed by atoms with Crippen molar-refractivity contribution in [2.24, 2.45) is 0 Å².